The van der Waals surface area contributed by atoms with Crippen LogP contribution >= 0.6 is 0 Å². The first-order chi connectivity index (χ1) is 13.0. The largest absolute Gasteiger partial charge is 0.396 e. The second-order valence-electron chi connectivity index (χ2n) is 7.71. The number of anilines is 1. The summed E-state index contributed by atoms with van der Waals surface area (Å²) >= 11 is 0. The first-order valence-corrected chi connectivity index (χ1v) is 9.73. The van der Waals surface area contributed by atoms with Crippen LogP contribution in [0.5, 0.6) is 0 Å². The maximum atomic E-state index is 13.3. The van der Waals surface area contributed by atoms with Crippen LogP contribution < -0.4 is 5.73 Å². The van der Waals surface area contributed by atoms with Crippen molar-refractivity contribution < 1.29 is 19.7 Å². The van der Waals surface area contributed by atoms with Crippen LogP contribution in [0.3, 0.4) is 0 Å². The molecule has 1 saturated heterocycles. The Hall–Kier alpha value is -1.77. The van der Waals surface area contributed by atoms with Gasteiger partial charge in [-0.25, -0.2) is 9.97 Å². The first-order valence-electron chi connectivity index (χ1n) is 9.73. The van der Waals surface area contributed by atoms with E-state index in [0.717, 1.165) is 36.9 Å². The minimum Gasteiger partial charge on any atom is -0.396 e. The molecule has 3 rings (SSSR count). The van der Waals surface area contributed by atoms with Crippen molar-refractivity contribution in [2.24, 2.45) is 5.41 Å². The Kier molecular flexibility index (Phi) is 6.29. The number of aliphatic hydroxyl groups excluding tert-OH is 2. The Balaban J connectivity index is 1.84. The van der Waals surface area contributed by atoms with Crippen molar-refractivity contribution in [1.82, 2.24) is 14.9 Å². The SMILES string of the molecule is COCCC[C@@]1(CO)CN(C(=O)c2nc(N)nc3c2CCCC3)CC[C@H]1O. The van der Waals surface area contributed by atoms with Crippen LogP contribution in [0.25, 0.3) is 0 Å². The second-order valence-corrected chi connectivity index (χ2v) is 7.71. The van der Waals surface area contributed by atoms with E-state index >= 15 is 0 Å². The fourth-order valence-corrected chi connectivity index (χ4v) is 4.31. The summed E-state index contributed by atoms with van der Waals surface area (Å²) in [7, 11) is 1.63. The summed E-state index contributed by atoms with van der Waals surface area (Å²) in [5, 5.41) is 20.6. The molecule has 0 unspecified atom stereocenters. The quantitative estimate of drug-likeness (QED) is 0.618. The van der Waals surface area contributed by atoms with Crippen molar-refractivity contribution in [3.63, 3.8) is 0 Å². The van der Waals surface area contributed by atoms with Crippen LogP contribution in [0.4, 0.5) is 5.95 Å². The van der Waals surface area contributed by atoms with Crippen LogP contribution in [-0.2, 0) is 17.6 Å². The zero-order chi connectivity index (χ0) is 19.4. The van der Waals surface area contributed by atoms with E-state index in [-0.39, 0.29) is 18.5 Å². The van der Waals surface area contributed by atoms with Gasteiger partial charge in [-0.3, -0.25) is 4.79 Å². The number of fused-ring (bicyclic) bond motifs is 1. The van der Waals surface area contributed by atoms with Crippen molar-refractivity contribution in [3.05, 3.63) is 17.0 Å². The number of nitrogens with zero attached hydrogens (tertiary/aromatic N) is 3. The molecular weight excluding hydrogens is 348 g/mol. The number of piperidine rings is 1. The number of hydrogen-bond acceptors (Lipinski definition) is 7. The van der Waals surface area contributed by atoms with Gasteiger partial charge < -0.3 is 25.6 Å². The second kappa shape index (κ2) is 8.50. The number of rotatable bonds is 6. The molecule has 27 heavy (non-hydrogen) atoms. The van der Waals surface area contributed by atoms with E-state index in [9.17, 15) is 15.0 Å². The summed E-state index contributed by atoms with van der Waals surface area (Å²) in [6, 6.07) is 0. The number of nitrogen functional groups attached to an aromatic ring is 1. The predicted octanol–water partition coefficient (Wildman–Crippen LogP) is 0.550. The number of aliphatic hydroxyl groups is 2. The maximum absolute atomic E-state index is 13.3. The molecule has 1 aromatic rings. The molecule has 1 amide bonds. The van der Waals surface area contributed by atoms with Crippen LogP contribution in [0.2, 0.25) is 0 Å². The predicted molar refractivity (Wildman–Crippen MR) is 100 cm³/mol. The van der Waals surface area contributed by atoms with Gasteiger partial charge in [-0.1, -0.05) is 0 Å². The number of hydrogen-bond donors (Lipinski definition) is 3. The van der Waals surface area contributed by atoms with E-state index in [4.69, 9.17) is 10.5 Å². The summed E-state index contributed by atoms with van der Waals surface area (Å²) in [6.45, 7) is 1.11. The Morgan fingerprint density at radius 2 is 2.15 bits per heavy atom. The molecule has 0 saturated carbocycles. The summed E-state index contributed by atoms with van der Waals surface area (Å²) < 4.78 is 5.10. The van der Waals surface area contributed by atoms with Crippen LogP contribution in [0, 0.1) is 5.41 Å². The molecule has 8 nitrogen and oxygen atoms in total. The molecule has 0 aromatic carbocycles. The molecule has 0 radical (unpaired) electrons. The van der Waals surface area contributed by atoms with Gasteiger partial charge in [0.05, 0.1) is 12.7 Å². The van der Waals surface area contributed by atoms with E-state index in [1.165, 1.54) is 0 Å². The average Bonchev–Trinajstić information content (AvgIpc) is 2.68. The third kappa shape index (κ3) is 4.07. The minimum atomic E-state index is -0.731. The molecule has 1 aliphatic heterocycles. The van der Waals surface area contributed by atoms with Gasteiger partial charge in [0.2, 0.25) is 5.95 Å². The number of amides is 1. The van der Waals surface area contributed by atoms with Crippen molar-refractivity contribution in [2.75, 3.05) is 39.1 Å². The molecule has 2 aliphatic rings. The fraction of sp³-hybridized carbons (Fsp3) is 0.737. The highest BCUT2D eigenvalue weighted by Gasteiger charge is 2.44. The van der Waals surface area contributed by atoms with Gasteiger partial charge >= 0.3 is 0 Å². The molecule has 1 aliphatic carbocycles. The number of aryl methyl sites for hydroxylation is 1. The number of aromatic nitrogens is 2. The maximum Gasteiger partial charge on any atom is 0.272 e. The van der Waals surface area contributed by atoms with Gasteiger partial charge in [0, 0.05) is 43.5 Å². The molecule has 0 spiro atoms. The molecule has 2 heterocycles. The molecule has 1 aromatic heterocycles. The smallest absolute Gasteiger partial charge is 0.272 e. The van der Waals surface area contributed by atoms with E-state index in [0.29, 0.717) is 44.7 Å². The van der Waals surface area contributed by atoms with Gasteiger partial charge in [0.15, 0.2) is 0 Å². The molecule has 1 fully saturated rings. The molecule has 2 atom stereocenters. The normalized spacial score (nSPS) is 25.3. The summed E-state index contributed by atoms with van der Waals surface area (Å²) in [5.41, 5.74) is 7.28. The zero-order valence-electron chi connectivity index (χ0n) is 16.0. The van der Waals surface area contributed by atoms with E-state index in [2.05, 4.69) is 9.97 Å². The highest BCUT2D eigenvalue weighted by molar-refractivity contribution is 5.94. The lowest BCUT2D eigenvalue weighted by molar-refractivity contribution is -0.0746. The topological polar surface area (TPSA) is 122 Å². The standard InChI is InChI=1S/C19H30N4O4/c1-27-10-4-8-19(12-24)11-23(9-7-15(19)25)17(26)16-13-5-2-3-6-14(13)21-18(20)22-16/h15,24-25H,2-12H2,1H3,(H2,20,21,22)/t15-,19+/m1/s1. The van der Waals surface area contributed by atoms with Gasteiger partial charge in [-0.05, 0) is 44.9 Å². The Bertz CT molecular complexity index is 684. The lowest BCUT2D eigenvalue weighted by Gasteiger charge is -2.45. The number of carbonyl (C=O) groups is 1. The van der Waals surface area contributed by atoms with E-state index in [1.54, 1.807) is 12.0 Å². The molecule has 0 bridgehead atoms. The molecule has 4 N–H and O–H groups in total. The Morgan fingerprint density at radius 3 is 2.89 bits per heavy atom. The molecular formula is C19H30N4O4. The highest BCUT2D eigenvalue weighted by atomic mass is 16.5. The van der Waals surface area contributed by atoms with Crippen LogP contribution in [-0.4, -0.2) is 70.5 Å². The van der Waals surface area contributed by atoms with Gasteiger partial charge in [-0.2, -0.15) is 0 Å². The third-order valence-electron chi connectivity index (χ3n) is 5.91. The van der Waals surface area contributed by atoms with Crippen molar-refractivity contribution >= 4 is 11.9 Å². The van der Waals surface area contributed by atoms with Crippen molar-refractivity contribution in [2.45, 2.75) is 51.0 Å². The lowest BCUT2D eigenvalue weighted by Crippen LogP contribution is -2.55. The number of methoxy groups -OCH3 is 1. The first kappa shape index (κ1) is 20.0. The number of likely N-dealkylation sites (tertiary alicyclic amines) is 1. The fourth-order valence-electron chi connectivity index (χ4n) is 4.31. The Morgan fingerprint density at radius 1 is 1.37 bits per heavy atom. The summed E-state index contributed by atoms with van der Waals surface area (Å²) in [5.74, 6) is -0.0525. The van der Waals surface area contributed by atoms with Gasteiger partial charge in [0.1, 0.15) is 5.69 Å². The van der Waals surface area contributed by atoms with E-state index < -0.39 is 11.5 Å². The van der Waals surface area contributed by atoms with Crippen LogP contribution in [0.1, 0.15) is 53.8 Å². The number of nitrogens with two attached hydrogens (primary N) is 1. The monoisotopic (exact) mass is 378 g/mol. The number of ether oxygens (including phenoxy) is 1. The van der Waals surface area contributed by atoms with E-state index in [1.807, 2.05) is 0 Å². The van der Waals surface area contributed by atoms with Crippen molar-refractivity contribution in [1.29, 1.82) is 0 Å². The van der Waals surface area contributed by atoms with Gasteiger partial charge in [-0.15, -0.1) is 0 Å². The Labute approximate surface area is 159 Å². The number of carbonyl (C=O) groups excluding carboxylic acids is 1. The zero-order valence-corrected chi connectivity index (χ0v) is 16.0. The average molecular weight is 378 g/mol. The summed E-state index contributed by atoms with van der Waals surface area (Å²) in [6.07, 6.45) is 4.75. The van der Waals surface area contributed by atoms with Crippen molar-refractivity contribution in [3.8, 4) is 0 Å². The highest BCUT2D eigenvalue weighted by Crippen LogP contribution is 2.36. The molecule has 150 valence electrons. The van der Waals surface area contributed by atoms with Gasteiger partial charge in [0.25, 0.3) is 5.91 Å². The summed E-state index contributed by atoms with van der Waals surface area (Å²) in [4.78, 5) is 23.5. The van der Waals surface area contributed by atoms with Crippen LogP contribution in [0.15, 0.2) is 0 Å². The minimum absolute atomic E-state index is 0.129. The lowest BCUT2D eigenvalue weighted by atomic mass is 9.74. The third-order valence-corrected chi connectivity index (χ3v) is 5.91. The molecule has 8 heteroatoms.